The van der Waals surface area contributed by atoms with Crippen LogP contribution in [0.5, 0.6) is 0 Å². The summed E-state index contributed by atoms with van der Waals surface area (Å²) >= 11 is 0. The van der Waals surface area contributed by atoms with Crippen molar-refractivity contribution in [1.29, 1.82) is 0 Å². The van der Waals surface area contributed by atoms with E-state index in [-0.39, 0.29) is 6.04 Å². The number of aliphatic imine (C=N–C) groups is 1. The van der Waals surface area contributed by atoms with Crippen LogP contribution in [-0.2, 0) is 4.74 Å². The highest BCUT2D eigenvalue weighted by Crippen LogP contribution is 1.87. The average molecular weight is 202 g/mol. The molecule has 1 atom stereocenters. The lowest BCUT2D eigenvalue weighted by Crippen LogP contribution is -2.46. The number of unbranched alkanes of at least 4 members (excludes halogenated alkanes) is 1. The van der Waals surface area contributed by atoms with E-state index < -0.39 is 0 Å². The number of nitrogens with one attached hydrogen (secondary N) is 2. The Bertz CT molecular complexity index is 161. The van der Waals surface area contributed by atoms with Crippen LogP contribution in [0.2, 0.25) is 0 Å². The van der Waals surface area contributed by atoms with Gasteiger partial charge in [-0.2, -0.15) is 0 Å². The second-order valence-corrected chi connectivity index (χ2v) is 3.23. The summed E-state index contributed by atoms with van der Waals surface area (Å²) in [4.78, 5) is 4.27. The normalized spacial score (nSPS) is 13.9. The minimum absolute atomic E-state index is 0.205. The maximum atomic E-state index is 5.32. The first-order valence-electron chi connectivity index (χ1n) is 5.01. The third kappa shape index (κ3) is 6.68. The first-order chi connectivity index (χ1) is 6.74. The van der Waals surface area contributed by atoms with Crippen molar-refractivity contribution in [2.75, 3.05) is 20.3 Å². The zero-order valence-corrected chi connectivity index (χ0v) is 9.34. The molecule has 0 aliphatic carbocycles. The minimum atomic E-state index is 0.205. The summed E-state index contributed by atoms with van der Waals surface area (Å²) in [6.07, 6.45) is 2.21. The van der Waals surface area contributed by atoms with E-state index in [1.54, 1.807) is 7.11 Å². The summed E-state index contributed by atoms with van der Waals surface area (Å²) in [5.41, 5.74) is 2.53. The van der Waals surface area contributed by atoms with Crippen LogP contribution in [0.4, 0.5) is 0 Å². The Morgan fingerprint density at radius 1 is 1.57 bits per heavy atom. The van der Waals surface area contributed by atoms with Gasteiger partial charge in [0.1, 0.15) is 0 Å². The van der Waals surface area contributed by atoms with Crippen LogP contribution in [0.25, 0.3) is 0 Å². The molecule has 5 heteroatoms. The SMILES string of the molecule is CCCCN=C(NN)NC(C)COC. The molecule has 0 saturated heterocycles. The molecular formula is C9H22N4O. The van der Waals surface area contributed by atoms with Crippen molar-refractivity contribution >= 4 is 5.96 Å². The first-order valence-corrected chi connectivity index (χ1v) is 5.01. The van der Waals surface area contributed by atoms with Gasteiger partial charge in [0.05, 0.1) is 6.61 Å². The Morgan fingerprint density at radius 2 is 2.29 bits per heavy atom. The molecule has 0 amide bonds. The van der Waals surface area contributed by atoms with E-state index >= 15 is 0 Å². The Labute approximate surface area is 86.1 Å². The second-order valence-electron chi connectivity index (χ2n) is 3.23. The maximum absolute atomic E-state index is 5.32. The topological polar surface area (TPSA) is 71.7 Å². The molecule has 84 valence electrons. The predicted octanol–water partition coefficient (Wildman–Crippen LogP) is 0.230. The van der Waals surface area contributed by atoms with Gasteiger partial charge in [-0.3, -0.25) is 10.4 Å². The van der Waals surface area contributed by atoms with Crippen LogP contribution < -0.4 is 16.6 Å². The van der Waals surface area contributed by atoms with E-state index in [1.165, 1.54) is 0 Å². The fourth-order valence-corrected chi connectivity index (χ4v) is 1.01. The largest absolute Gasteiger partial charge is 0.383 e. The van der Waals surface area contributed by atoms with Gasteiger partial charge in [0, 0.05) is 19.7 Å². The molecule has 0 aliphatic rings. The van der Waals surface area contributed by atoms with Gasteiger partial charge in [-0.05, 0) is 13.3 Å². The molecule has 0 rings (SSSR count). The van der Waals surface area contributed by atoms with Gasteiger partial charge < -0.3 is 10.1 Å². The van der Waals surface area contributed by atoms with Gasteiger partial charge in [-0.1, -0.05) is 13.3 Å². The highest BCUT2D eigenvalue weighted by molar-refractivity contribution is 5.79. The summed E-state index contributed by atoms with van der Waals surface area (Å²) < 4.78 is 4.99. The molecule has 0 aromatic heterocycles. The number of hydrogen-bond acceptors (Lipinski definition) is 3. The van der Waals surface area contributed by atoms with Gasteiger partial charge in [0.15, 0.2) is 0 Å². The molecule has 0 aromatic carbocycles. The molecule has 0 bridgehead atoms. The maximum Gasteiger partial charge on any atom is 0.206 e. The van der Waals surface area contributed by atoms with Crippen LogP contribution in [0, 0.1) is 0 Å². The smallest absolute Gasteiger partial charge is 0.206 e. The zero-order valence-electron chi connectivity index (χ0n) is 9.34. The molecule has 5 nitrogen and oxygen atoms in total. The van der Waals surface area contributed by atoms with Crippen LogP contribution in [-0.4, -0.2) is 32.3 Å². The van der Waals surface area contributed by atoms with E-state index in [0.29, 0.717) is 12.6 Å². The third-order valence-electron chi connectivity index (χ3n) is 1.72. The number of hydrogen-bond donors (Lipinski definition) is 3. The number of guanidine groups is 1. The van der Waals surface area contributed by atoms with E-state index in [9.17, 15) is 0 Å². The average Bonchev–Trinajstić information content (AvgIpc) is 2.17. The molecule has 4 N–H and O–H groups in total. The highest BCUT2D eigenvalue weighted by Gasteiger charge is 2.02. The number of nitrogens with two attached hydrogens (primary N) is 1. The fraction of sp³-hybridized carbons (Fsp3) is 0.889. The molecule has 0 radical (unpaired) electrons. The first kappa shape index (κ1) is 13.2. The number of rotatable bonds is 6. The van der Waals surface area contributed by atoms with Crippen molar-refractivity contribution in [1.82, 2.24) is 10.7 Å². The minimum Gasteiger partial charge on any atom is -0.383 e. The van der Waals surface area contributed by atoms with Crippen molar-refractivity contribution < 1.29 is 4.74 Å². The molecule has 0 heterocycles. The zero-order chi connectivity index (χ0) is 10.8. The van der Waals surface area contributed by atoms with Crippen molar-refractivity contribution in [3.05, 3.63) is 0 Å². The molecule has 0 aromatic rings. The molecule has 0 aliphatic heterocycles. The Balaban J connectivity index is 3.81. The monoisotopic (exact) mass is 202 g/mol. The molecule has 0 spiro atoms. The van der Waals surface area contributed by atoms with Gasteiger partial charge in [0.2, 0.25) is 5.96 Å². The second kappa shape index (κ2) is 8.77. The lowest BCUT2D eigenvalue weighted by Gasteiger charge is -2.15. The third-order valence-corrected chi connectivity index (χ3v) is 1.72. The van der Waals surface area contributed by atoms with E-state index in [0.717, 1.165) is 19.4 Å². The number of ether oxygens (including phenoxy) is 1. The summed E-state index contributed by atoms with van der Waals surface area (Å²) in [5, 5.41) is 3.12. The Morgan fingerprint density at radius 3 is 2.79 bits per heavy atom. The number of nitrogens with zero attached hydrogens (tertiary/aromatic N) is 1. The van der Waals surface area contributed by atoms with E-state index in [2.05, 4.69) is 22.7 Å². The Kier molecular flexibility index (Phi) is 8.27. The van der Waals surface area contributed by atoms with Crippen molar-refractivity contribution in [3.63, 3.8) is 0 Å². The molecule has 14 heavy (non-hydrogen) atoms. The number of hydrazine groups is 1. The molecule has 1 unspecified atom stereocenters. The number of methoxy groups -OCH3 is 1. The predicted molar refractivity (Wildman–Crippen MR) is 59.0 cm³/mol. The van der Waals surface area contributed by atoms with E-state index in [1.807, 2.05) is 6.92 Å². The van der Waals surface area contributed by atoms with Gasteiger partial charge in [-0.15, -0.1) is 0 Å². The van der Waals surface area contributed by atoms with Crippen molar-refractivity contribution in [3.8, 4) is 0 Å². The summed E-state index contributed by atoms with van der Waals surface area (Å²) in [7, 11) is 1.67. The van der Waals surface area contributed by atoms with Crippen LogP contribution >= 0.6 is 0 Å². The van der Waals surface area contributed by atoms with Gasteiger partial charge in [-0.25, -0.2) is 5.84 Å². The highest BCUT2D eigenvalue weighted by atomic mass is 16.5. The standard InChI is InChI=1S/C9H22N4O/c1-4-5-6-11-9(13-10)12-8(2)7-14-3/h8H,4-7,10H2,1-3H3,(H2,11,12,13). The van der Waals surface area contributed by atoms with Crippen molar-refractivity contribution in [2.45, 2.75) is 32.7 Å². The van der Waals surface area contributed by atoms with E-state index in [4.69, 9.17) is 10.6 Å². The van der Waals surface area contributed by atoms with Crippen molar-refractivity contribution in [2.24, 2.45) is 10.8 Å². The fourth-order valence-electron chi connectivity index (χ4n) is 1.01. The quantitative estimate of drug-likeness (QED) is 0.189. The summed E-state index contributed by atoms with van der Waals surface area (Å²) in [6, 6.07) is 0.205. The summed E-state index contributed by atoms with van der Waals surface area (Å²) in [6.45, 7) is 5.57. The van der Waals surface area contributed by atoms with Crippen LogP contribution in [0.3, 0.4) is 0 Å². The van der Waals surface area contributed by atoms with Gasteiger partial charge >= 0.3 is 0 Å². The lowest BCUT2D eigenvalue weighted by molar-refractivity contribution is 0.179. The molecule has 0 saturated carbocycles. The van der Waals surface area contributed by atoms with Crippen LogP contribution in [0.1, 0.15) is 26.7 Å². The van der Waals surface area contributed by atoms with Crippen LogP contribution in [0.15, 0.2) is 4.99 Å². The lowest BCUT2D eigenvalue weighted by atomic mass is 10.3. The Hall–Kier alpha value is -0.810. The molecule has 0 fully saturated rings. The molecular weight excluding hydrogens is 180 g/mol. The van der Waals surface area contributed by atoms with Gasteiger partial charge in [0.25, 0.3) is 0 Å². The summed E-state index contributed by atoms with van der Waals surface area (Å²) in [5.74, 6) is 5.94.